The standard InChI is InChI=1S/C13H22ClN3O2/c1-5-10(2)17(6-7-18-3)13-8-11(14)15-12(16-13)9-19-4/h8,10H,5-7,9H2,1-4H3. The molecule has 1 heterocycles. The Morgan fingerprint density at radius 3 is 2.63 bits per heavy atom. The predicted octanol–water partition coefficient (Wildman–Crippen LogP) is 2.53. The van der Waals surface area contributed by atoms with Crippen molar-refractivity contribution >= 4 is 17.4 Å². The maximum atomic E-state index is 6.05. The second-order valence-electron chi connectivity index (χ2n) is 4.34. The molecule has 0 saturated heterocycles. The van der Waals surface area contributed by atoms with Crippen LogP contribution in [0.2, 0.25) is 5.15 Å². The first-order valence-electron chi connectivity index (χ1n) is 6.40. The van der Waals surface area contributed by atoms with Crippen LogP contribution in [0.15, 0.2) is 6.07 Å². The van der Waals surface area contributed by atoms with Crippen molar-refractivity contribution in [1.29, 1.82) is 0 Å². The van der Waals surface area contributed by atoms with Crippen molar-refractivity contribution in [2.45, 2.75) is 32.9 Å². The van der Waals surface area contributed by atoms with Gasteiger partial charge in [-0.1, -0.05) is 18.5 Å². The fraction of sp³-hybridized carbons (Fsp3) is 0.692. The van der Waals surface area contributed by atoms with E-state index in [9.17, 15) is 0 Å². The van der Waals surface area contributed by atoms with E-state index in [0.29, 0.717) is 30.2 Å². The lowest BCUT2D eigenvalue weighted by Gasteiger charge is -2.29. The Kier molecular flexibility index (Phi) is 7.05. The van der Waals surface area contributed by atoms with E-state index in [1.165, 1.54) is 0 Å². The number of ether oxygens (including phenoxy) is 2. The zero-order chi connectivity index (χ0) is 14.3. The predicted molar refractivity (Wildman–Crippen MR) is 76.7 cm³/mol. The van der Waals surface area contributed by atoms with Crippen molar-refractivity contribution in [2.75, 3.05) is 32.3 Å². The molecule has 1 aromatic heterocycles. The molecular formula is C13H22ClN3O2. The molecule has 0 aliphatic rings. The van der Waals surface area contributed by atoms with E-state index in [4.69, 9.17) is 21.1 Å². The molecule has 0 N–H and O–H groups in total. The summed E-state index contributed by atoms with van der Waals surface area (Å²) in [6, 6.07) is 2.14. The number of anilines is 1. The fourth-order valence-electron chi connectivity index (χ4n) is 1.76. The summed E-state index contributed by atoms with van der Waals surface area (Å²) >= 11 is 6.05. The van der Waals surface area contributed by atoms with Gasteiger partial charge in [0.15, 0.2) is 5.82 Å². The third-order valence-electron chi connectivity index (χ3n) is 2.95. The number of methoxy groups -OCH3 is 2. The highest BCUT2D eigenvalue weighted by molar-refractivity contribution is 6.29. The molecule has 0 aliphatic heterocycles. The SMILES string of the molecule is CCC(C)N(CCOC)c1cc(Cl)nc(COC)n1. The van der Waals surface area contributed by atoms with Crippen LogP contribution in [0.25, 0.3) is 0 Å². The smallest absolute Gasteiger partial charge is 0.158 e. The van der Waals surface area contributed by atoms with Gasteiger partial charge in [-0.2, -0.15) is 0 Å². The van der Waals surface area contributed by atoms with Crippen molar-refractivity contribution in [3.05, 3.63) is 17.0 Å². The molecule has 0 saturated carbocycles. The Morgan fingerprint density at radius 2 is 2.05 bits per heavy atom. The summed E-state index contributed by atoms with van der Waals surface area (Å²) in [5.74, 6) is 1.41. The van der Waals surface area contributed by atoms with Gasteiger partial charge in [0.05, 0.1) is 6.61 Å². The molecule has 1 aromatic rings. The van der Waals surface area contributed by atoms with E-state index in [2.05, 4.69) is 28.7 Å². The van der Waals surface area contributed by atoms with Gasteiger partial charge in [-0.25, -0.2) is 9.97 Å². The van der Waals surface area contributed by atoms with Crippen LogP contribution in [-0.2, 0) is 16.1 Å². The number of aromatic nitrogens is 2. The van der Waals surface area contributed by atoms with Crippen LogP contribution in [0.4, 0.5) is 5.82 Å². The van der Waals surface area contributed by atoms with Gasteiger partial charge in [0, 0.05) is 32.9 Å². The molecular weight excluding hydrogens is 266 g/mol. The lowest BCUT2D eigenvalue weighted by Crippen LogP contribution is -2.36. The molecule has 0 spiro atoms. The highest BCUT2D eigenvalue weighted by atomic mass is 35.5. The molecule has 0 radical (unpaired) electrons. The van der Waals surface area contributed by atoms with Gasteiger partial charge in [0.2, 0.25) is 0 Å². The molecule has 0 aromatic carbocycles. The van der Waals surface area contributed by atoms with Crippen LogP contribution in [0.3, 0.4) is 0 Å². The average molecular weight is 288 g/mol. The molecule has 0 amide bonds. The molecule has 5 nitrogen and oxygen atoms in total. The minimum Gasteiger partial charge on any atom is -0.383 e. The zero-order valence-electron chi connectivity index (χ0n) is 12.0. The summed E-state index contributed by atoms with van der Waals surface area (Å²) < 4.78 is 10.2. The first kappa shape index (κ1) is 16.1. The Balaban J connectivity index is 2.99. The average Bonchev–Trinajstić information content (AvgIpc) is 2.38. The fourth-order valence-corrected chi connectivity index (χ4v) is 1.96. The van der Waals surface area contributed by atoms with Crippen molar-refractivity contribution in [3.63, 3.8) is 0 Å². The molecule has 1 rings (SSSR count). The lowest BCUT2D eigenvalue weighted by molar-refractivity contribution is 0.177. The van der Waals surface area contributed by atoms with Crippen molar-refractivity contribution in [3.8, 4) is 0 Å². The van der Waals surface area contributed by atoms with E-state index in [-0.39, 0.29) is 0 Å². The van der Waals surface area contributed by atoms with E-state index in [0.717, 1.165) is 18.8 Å². The minimum atomic E-state index is 0.353. The molecule has 0 aliphatic carbocycles. The van der Waals surface area contributed by atoms with Gasteiger partial charge in [-0.15, -0.1) is 0 Å². The highest BCUT2D eigenvalue weighted by Crippen LogP contribution is 2.19. The molecule has 1 unspecified atom stereocenters. The summed E-state index contributed by atoms with van der Waals surface area (Å²) in [7, 11) is 3.30. The van der Waals surface area contributed by atoms with Gasteiger partial charge in [0.25, 0.3) is 0 Å². The second-order valence-corrected chi connectivity index (χ2v) is 4.73. The summed E-state index contributed by atoms with van der Waals surface area (Å²) in [5, 5.41) is 0.433. The van der Waals surface area contributed by atoms with Crippen LogP contribution in [0.5, 0.6) is 0 Å². The monoisotopic (exact) mass is 287 g/mol. The van der Waals surface area contributed by atoms with E-state index in [1.54, 1.807) is 20.3 Å². The Hall–Kier alpha value is -0.910. The van der Waals surface area contributed by atoms with Crippen molar-refractivity contribution < 1.29 is 9.47 Å². The van der Waals surface area contributed by atoms with Gasteiger partial charge < -0.3 is 14.4 Å². The van der Waals surface area contributed by atoms with Crippen molar-refractivity contribution in [2.24, 2.45) is 0 Å². The van der Waals surface area contributed by atoms with Gasteiger partial charge in [0.1, 0.15) is 17.6 Å². The zero-order valence-corrected chi connectivity index (χ0v) is 12.8. The van der Waals surface area contributed by atoms with Gasteiger partial charge in [-0.3, -0.25) is 0 Å². The third kappa shape index (κ3) is 4.93. The molecule has 19 heavy (non-hydrogen) atoms. The lowest BCUT2D eigenvalue weighted by atomic mass is 10.2. The summed E-state index contributed by atoms with van der Waals surface area (Å²) in [4.78, 5) is 10.8. The number of nitrogens with zero attached hydrogens (tertiary/aromatic N) is 3. The first-order valence-corrected chi connectivity index (χ1v) is 6.78. The topological polar surface area (TPSA) is 47.5 Å². The molecule has 0 fully saturated rings. The summed E-state index contributed by atoms with van der Waals surface area (Å²) in [6.07, 6.45) is 1.02. The van der Waals surface area contributed by atoms with Crippen LogP contribution >= 0.6 is 11.6 Å². The van der Waals surface area contributed by atoms with E-state index < -0.39 is 0 Å². The maximum Gasteiger partial charge on any atom is 0.158 e. The summed E-state index contributed by atoms with van der Waals surface area (Å²) in [5.41, 5.74) is 0. The van der Waals surface area contributed by atoms with Crippen LogP contribution < -0.4 is 4.90 Å². The van der Waals surface area contributed by atoms with E-state index in [1.807, 2.05) is 0 Å². The van der Waals surface area contributed by atoms with Crippen molar-refractivity contribution in [1.82, 2.24) is 9.97 Å². The first-order chi connectivity index (χ1) is 9.12. The normalized spacial score (nSPS) is 12.5. The second kappa shape index (κ2) is 8.30. The summed E-state index contributed by atoms with van der Waals surface area (Å²) in [6.45, 7) is 6.06. The third-order valence-corrected chi connectivity index (χ3v) is 3.15. The minimum absolute atomic E-state index is 0.353. The highest BCUT2D eigenvalue weighted by Gasteiger charge is 2.16. The molecule has 108 valence electrons. The van der Waals surface area contributed by atoms with Crippen LogP contribution in [-0.4, -0.2) is 43.4 Å². The van der Waals surface area contributed by atoms with Gasteiger partial charge >= 0.3 is 0 Å². The Bertz CT molecular complexity index is 390. The Morgan fingerprint density at radius 1 is 1.32 bits per heavy atom. The van der Waals surface area contributed by atoms with E-state index >= 15 is 0 Å². The van der Waals surface area contributed by atoms with Gasteiger partial charge in [-0.05, 0) is 13.3 Å². The Labute approximate surface area is 119 Å². The number of hydrogen-bond acceptors (Lipinski definition) is 5. The quantitative estimate of drug-likeness (QED) is 0.688. The van der Waals surface area contributed by atoms with Crippen LogP contribution in [0, 0.1) is 0 Å². The maximum absolute atomic E-state index is 6.05. The van der Waals surface area contributed by atoms with Crippen LogP contribution in [0.1, 0.15) is 26.1 Å². The largest absolute Gasteiger partial charge is 0.383 e. The number of halogens is 1. The number of hydrogen-bond donors (Lipinski definition) is 0. The molecule has 1 atom stereocenters. The molecule has 6 heteroatoms. The number of rotatable bonds is 8. The molecule has 0 bridgehead atoms.